The number of aromatic nitrogens is 1. The lowest BCUT2D eigenvalue weighted by Gasteiger charge is -2.26. The normalized spacial score (nSPS) is 17.9. The third kappa shape index (κ3) is 3.52. The summed E-state index contributed by atoms with van der Waals surface area (Å²) in [4.78, 5) is 32.3. The number of carbonyl (C=O) groups excluding carboxylic acids is 2. The Balaban J connectivity index is 1.95. The van der Waals surface area contributed by atoms with Crippen LogP contribution in [0.5, 0.6) is 0 Å². The monoisotopic (exact) mass is 412 g/mol. The molecule has 1 aromatic heterocycles. The number of amides is 1. The topological polar surface area (TPSA) is 70.5 Å². The number of nitrogens with zero attached hydrogens (tertiary/aromatic N) is 2. The van der Waals surface area contributed by atoms with Crippen molar-refractivity contribution in [3.05, 3.63) is 100 Å². The molecule has 1 aliphatic rings. The lowest BCUT2D eigenvalue weighted by atomic mass is 9.97. The van der Waals surface area contributed by atoms with E-state index in [1.54, 1.807) is 30.5 Å². The summed E-state index contributed by atoms with van der Waals surface area (Å²) >= 11 is 0. The van der Waals surface area contributed by atoms with Gasteiger partial charge in [-0.25, -0.2) is 0 Å². The molecule has 0 saturated carbocycles. The zero-order valence-corrected chi connectivity index (χ0v) is 17.8. The summed E-state index contributed by atoms with van der Waals surface area (Å²) in [6.07, 6.45) is 2.49. The van der Waals surface area contributed by atoms with Crippen LogP contribution in [0.4, 0.5) is 5.69 Å². The van der Waals surface area contributed by atoms with Crippen LogP contribution < -0.4 is 4.90 Å². The maximum Gasteiger partial charge on any atom is 0.300 e. The van der Waals surface area contributed by atoms with Gasteiger partial charge in [0.05, 0.1) is 11.3 Å². The van der Waals surface area contributed by atoms with E-state index in [9.17, 15) is 14.7 Å². The standard InChI is InChI=1S/C26H24N2O3/c1-4-18-11-13-19(14-12-18)24(29)22-23(20-9-5-6-15-27-20)28(26(31)25(22)30)21-10-7-8-16(2)17(21)3/h5-15,23,29H,4H2,1-3H3/b24-22+. The molecule has 156 valence electrons. The fourth-order valence-corrected chi connectivity index (χ4v) is 3.95. The fourth-order valence-electron chi connectivity index (χ4n) is 3.95. The quantitative estimate of drug-likeness (QED) is 0.376. The van der Waals surface area contributed by atoms with E-state index < -0.39 is 17.7 Å². The average Bonchev–Trinajstić information content (AvgIpc) is 3.06. The second-order valence-electron chi connectivity index (χ2n) is 7.69. The van der Waals surface area contributed by atoms with Crippen molar-refractivity contribution < 1.29 is 14.7 Å². The van der Waals surface area contributed by atoms with E-state index in [2.05, 4.69) is 4.98 Å². The minimum Gasteiger partial charge on any atom is -0.507 e. The Morgan fingerprint density at radius 1 is 1.00 bits per heavy atom. The number of benzene rings is 2. The smallest absolute Gasteiger partial charge is 0.300 e. The Morgan fingerprint density at radius 3 is 2.39 bits per heavy atom. The molecular formula is C26H24N2O3. The van der Waals surface area contributed by atoms with E-state index in [0.717, 1.165) is 23.1 Å². The molecule has 1 amide bonds. The SMILES string of the molecule is CCc1ccc(/C(O)=C2\C(=O)C(=O)N(c3cccc(C)c3C)C2c2ccccn2)cc1. The third-order valence-electron chi connectivity index (χ3n) is 5.88. The highest BCUT2D eigenvalue weighted by Gasteiger charge is 2.48. The number of aliphatic hydroxyl groups is 1. The first-order valence-electron chi connectivity index (χ1n) is 10.3. The Labute approximate surface area is 181 Å². The second kappa shape index (κ2) is 8.19. The van der Waals surface area contributed by atoms with Crippen molar-refractivity contribution in [2.75, 3.05) is 4.90 Å². The number of aliphatic hydroxyl groups excluding tert-OH is 1. The molecule has 1 atom stereocenters. The van der Waals surface area contributed by atoms with E-state index in [1.165, 1.54) is 4.90 Å². The van der Waals surface area contributed by atoms with Crippen LogP contribution in [0.3, 0.4) is 0 Å². The summed E-state index contributed by atoms with van der Waals surface area (Å²) in [5.41, 5.74) is 4.74. The number of carbonyl (C=O) groups is 2. The summed E-state index contributed by atoms with van der Waals surface area (Å²) < 4.78 is 0. The third-order valence-corrected chi connectivity index (χ3v) is 5.88. The van der Waals surface area contributed by atoms with Crippen LogP contribution >= 0.6 is 0 Å². The van der Waals surface area contributed by atoms with Gasteiger partial charge >= 0.3 is 0 Å². The van der Waals surface area contributed by atoms with Gasteiger partial charge < -0.3 is 5.11 Å². The highest BCUT2D eigenvalue weighted by molar-refractivity contribution is 6.51. The molecular weight excluding hydrogens is 388 g/mol. The average molecular weight is 412 g/mol. The Morgan fingerprint density at radius 2 is 1.74 bits per heavy atom. The number of pyridine rings is 1. The van der Waals surface area contributed by atoms with Crippen molar-refractivity contribution in [1.82, 2.24) is 4.98 Å². The largest absolute Gasteiger partial charge is 0.507 e. The first-order valence-corrected chi connectivity index (χ1v) is 10.3. The van der Waals surface area contributed by atoms with Gasteiger partial charge in [0.25, 0.3) is 11.7 Å². The number of aryl methyl sites for hydroxylation is 2. The maximum absolute atomic E-state index is 13.2. The summed E-state index contributed by atoms with van der Waals surface area (Å²) in [5, 5.41) is 11.1. The molecule has 5 nitrogen and oxygen atoms in total. The molecule has 4 rings (SSSR count). The van der Waals surface area contributed by atoms with Crippen molar-refractivity contribution in [1.29, 1.82) is 0 Å². The van der Waals surface area contributed by atoms with Crippen molar-refractivity contribution in [2.24, 2.45) is 0 Å². The van der Waals surface area contributed by atoms with Gasteiger partial charge in [0.15, 0.2) is 0 Å². The maximum atomic E-state index is 13.2. The predicted octanol–water partition coefficient (Wildman–Crippen LogP) is 4.89. The Hall–Kier alpha value is -3.73. The first-order chi connectivity index (χ1) is 14.9. The van der Waals surface area contributed by atoms with E-state index >= 15 is 0 Å². The van der Waals surface area contributed by atoms with Gasteiger partial charge in [-0.05, 0) is 55.2 Å². The number of Topliss-reactive ketones (excluding diaryl/α,β-unsaturated/α-hetero) is 1. The number of hydrogen-bond acceptors (Lipinski definition) is 4. The van der Waals surface area contributed by atoms with Crippen LogP contribution in [0, 0.1) is 13.8 Å². The molecule has 0 aliphatic carbocycles. The highest BCUT2D eigenvalue weighted by atomic mass is 16.3. The molecule has 31 heavy (non-hydrogen) atoms. The van der Waals surface area contributed by atoms with E-state index in [-0.39, 0.29) is 11.3 Å². The molecule has 1 unspecified atom stereocenters. The Kier molecular flexibility index (Phi) is 5.42. The van der Waals surface area contributed by atoms with Crippen LogP contribution in [0.2, 0.25) is 0 Å². The van der Waals surface area contributed by atoms with Crippen LogP contribution in [-0.4, -0.2) is 21.8 Å². The van der Waals surface area contributed by atoms with E-state index in [1.807, 2.05) is 57.2 Å². The van der Waals surface area contributed by atoms with E-state index in [4.69, 9.17) is 0 Å². The molecule has 0 bridgehead atoms. The van der Waals surface area contributed by atoms with E-state index in [0.29, 0.717) is 16.9 Å². The van der Waals surface area contributed by atoms with Crippen molar-refractivity contribution in [3.8, 4) is 0 Å². The first kappa shape index (κ1) is 20.5. The van der Waals surface area contributed by atoms with Gasteiger partial charge in [-0.2, -0.15) is 0 Å². The molecule has 3 aromatic rings. The van der Waals surface area contributed by atoms with Crippen LogP contribution in [-0.2, 0) is 16.0 Å². The van der Waals surface area contributed by atoms with Gasteiger partial charge in [-0.3, -0.25) is 19.5 Å². The van der Waals surface area contributed by atoms with Gasteiger partial charge in [0.1, 0.15) is 11.8 Å². The highest BCUT2D eigenvalue weighted by Crippen LogP contribution is 2.42. The van der Waals surface area contributed by atoms with Crippen molar-refractivity contribution in [2.45, 2.75) is 33.2 Å². The zero-order valence-electron chi connectivity index (χ0n) is 17.8. The van der Waals surface area contributed by atoms with Gasteiger partial charge in [0.2, 0.25) is 0 Å². The molecule has 1 aliphatic heterocycles. The molecule has 0 spiro atoms. The minimum atomic E-state index is -0.812. The predicted molar refractivity (Wildman–Crippen MR) is 121 cm³/mol. The molecule has 1 fully saturated rings. The second-order valence-corrected chi connectivity index (χ2v) is 7.69. The summed E-state index contributed by atoms with van der Waals surface area (Å²) in [7, 11) is 0. The molecule has 2 heterocycles. The number of ketones is 1. The van der Waals surface area contributed by atoms with Gasteiger partial charge in [-0.1, -0.05) is 49.4 Å². The van der Waals surface area contributed by atoms with Crippen molar-refractivity contribution in [3.63, 3.8) is 0 Å². The van der Waals surface area contributed by atoms with Gasteiger partial charge in [0, 0.05) is 17.4 Å². The summed E-state index contributed by atoms with van der Waals surface area (Å²) in [6, 6.07) is 17.5. The van der Waals surface area contributed by atoms with Crippen LogP contribution in [0.25, 0.3) is 5.76 Å². The number of anilines is 1. The zero-order chi connectivity index (χ0) is 22.1. The molecule has 2 aromatic carbocycles. The van der Waals surface area contributed by atoms with Crippen LogP contribution in [0.1, 0.15) is 40.9 Å². The molecule has 1 saturated heterocycles. The summed E-state index contributed by atoms with van der Waals surface area (Å²) in [6.45, 7) is 5.93. The lowest BCUT2D eigenvalue weighted by Crippen LogP contribution is -2.30. The van der Waals surface area contributed by atoms with Crippen molar-refractivity contribution >= 4 is 23.1 Å². The minimum absolute atomic E-state index is 0.0499. The van der Waals surface area contributed by atoms with Crippen LogP contribution in [0.15, 0.2) is 72.4 Å². The lowest BCUT2D eigenvalue weighted by molar-refractivity contribution is -0.132. The summed E-state index contributed by atoms with van der Waals surface area (Å²) in [5.74, 6) is -1.57. The Bertz CT molecular complexity index is 1180. The number of hydrogen-bond donors (Lipinski definition) is 1. The fraction of sp³-hybridized carbons (Fsp3) is 0.192. The molecule has 5 heteroatoms. The molecule has 0 radical (unpaired) electrons. The number of rotatable bonds is 4. The molecule has 1 N–H and O–H groups in total. The van der Waals surface area contributed by atoms with Gasteiger partial charge in [-0.15, -0.1) is 0 Å².